The lowest BCUT2D eigenvalue weighted by molar-refractivity contribution is 0.0748. The number of nitrogen functional groups attached to an aromatic ring is 1. The molecule has 4 N–H and O–H groups in total. The Labute approximate surface area is 84.2 Å². The molecule has 1 rings (SSSR count). The van der Waals surface area contributed by atoms with Crippen molar-refractivity contribution in [1.82, 2.24) is 4.98 Å². The summed E-state index contributed by atoms with van der Waals surface area (Å²) in [5.41, 5.74) is 5.65. The number of aliphatic hydroxyl groups is 1. The van der Waals surface area contributed by atoms with Gasteiger partial charge in [0.15, 0.2) is 0 Å². The monoisotopic (exact) mass is 195 g/mol. The second kappa shape index (κ2) is 4.28. The third-order valence-electron chi connectivity index (χ3n) is 1.87. The highest BCUT2D eigenvalue weighted by Gasteiger charge is 2.11. The maximum Gasteiger partial charge on any atom is 0.149 e. The molecule has 0 atom stereocenters. The molecule has 0 aliphatic rings. The van der Waals surface area contributed by atoms with Crippen molar-refractivity contribution in [2.24, 2.45) is 0 Å². The first-order valence-corrected chi connectivity index (χ1v) is 4.66. The molecule has 4 heteroatoms. The Morgan fingerprint density at radius 3 is 2.86 bits per heavy atom. The van der Waals surface area contributed by atoms with Gasteiger partial charge in [-0.2, -0.15) is 0 Å². The fourth-order valence-corrected chi connectivity index (χ4v) is 1.05. The first kappa shape index (κ1) is 10.8. The fraction of sp³-hybridized carbons (Fsp3) is 0.500. The molecule has 0 saturated heterocycles. The smallest absolute Gasteiger partial charge is 0.149 e. The van der Waals surface area contributed by atoms with Gasteiger partial charge in [0.1, 0.15) is 5.82 Å². The number of nitrogens with two attached hydrogens (primary N) is 1. The summed E-state index contributed by atoms with van der Waals surface area (Å²) >= 11 is 0. The van der Waals surface area contributed by atoms with Crippen LogP contribution in [0.25, 0.3) is 0 Å². The maximum absolute atomic E-state index is 9.47. The normalized spacial score (nSPS) is 11.4. The minimum atomic E-state index is -0.656. The SMILES string of the molecule is CC(C)(O)CCNc1ncccc1N. The van der Waals surface area contributed by atoms with E-state index >= 15 is 0 Å². The maximum atomic E-state index is 9.47. The van der Waals surface area contributed by atoms with E-state index in [-0.39, 0.29) is 0 Å². The molecule has 0 radical (unpaired) electrons. The van der Waals surface area contributed by atoms with Crippen LogP contribution in [0.4, 0.5) is 11.5 Å². The van der Waals surface area contributed by atoms with Crippen molar-refractivity contribution in [3.8, 4) is 0 Å². The quantitative estimate of drug-likeness (QED) is 0.676. The van der Waals surface area contributed by atoms with Crippen LogP contribution in [0.15, 0.2) is 18.3 Å². The molecule has 1 heterocycles. The van der Waals surface area contributed by atoms with E-state index in [4.69, 9.17) is 5.73 Å². The molecule has 0 amide bonds. The van der Waals surface area contributed by atoms with Crippen molar-refractivity contribution in [3.05, 3.63) is 18.3 Å². The zero-order chi connectivity index (χ0) is 10.6. The molecule has 0 spiro atoms. The Hall–Kier alpha value is -1.29. The van der Waals surface area contributed by atoms with E-state index in [0.717, 1.165) is 0 Å². The van der Waals surface area contributed by atoms with Gasteiger partial charge in [-0.25, -0.2) is 4.98 Å². The van der Waals surface area contributed by atoms with Crippen molar-refractivity contribution in [2.45, 2.75) is 25.9 Å². The van der Waals surface area contributed by atoms with Gasteiger partial charge in [-0.05, 0) is 32.4 Å². The van der Waals surface area contributed by atoms with Gasteiger partial charge < -0.3 is 16.2 Å². The Morgan fingerprint density at radius 2 is 2.29 bits per heavy atom. The highest BCUT2D eigenvalue weighted by Crippen LogP contribution is 2.14. The van der Waals surface area contributed by atoms with Gasteiger partial charge >= 0.3 is 0 Å². The minimum absolute atomic E-state index is 0.628. The fourth-order valence-electron chi connectivity index (χ4n) is 1.05. The number of rotatable bonds is 4. The molecule has 0 aromatic carbocycles. The highest BCUT2D eigenvalue weighted by molar-refractivity contribution is 5.60. The Kier molecular flexibility index (Phi) is 3.30. The molecule has 0 saturated carbocycles. The van der Waals surface area contributed by atoms with E-state index in [0.29, 0.717) is 24.5 Å². The molecular weight excluding hydrogens is 178 g/mol. The van der Waals surface area contributed by atoms with Gasteiger partial charge in [0, 0.05) is 12.7 Å². The van der Waals surface area contributed by atoms with E-state index in [9.17, 15) is 5.11 Å². The van der Waals surface area contributed by atoms with Crippen LogP contribution in [0.3, 0.4) is 0 Å². The largest absolute Gasteiger partial charge is 0.396 e. The number of hydrogen-bond donors (Lipinski definition) is 3. The number of pyridine rings is 1. The summed E-state index contributed by atoms with van der Waals surface area (Å²) in [5.74, 6) is 0.678. The summed E-state index contributed by atoms with van der Waals surface area (Å²) in [6, 6.07) is 3.58. The molecule has 1 aromatic heterocycles. The second-order valence-corrected chi connectivity index (χ2v) is 3.93. The Morgan fingerprint density at radius 1 is 1.57 bits per heavy atom. The van der Waals surface area contributed by atoms with Crippen molar-refractivity contribution >= 4 is 11.5 Å². The lowest BCUT2D eigenvalue weighted by Gasteiger charge is -2.17. The van der Waals surface area contributed by atoms with Crippen LogP contribution in [-0.4, -0.2) is 22.2 Å². The average Bonchev–Trinajstić information content (AvgIpc) is 2.06. The zero-order valence-corrected chi connectivity index (χ0v) is 8.62. The van der Waals surface area contributed by atoms with E-state index in [2.05, 4.69) is 10.3 Å². The van der Waals surface area contributed by atoms with Crippen LogP contribution >= 0.6 is 0 Å². The molecule has 0 fully saturated rings. The number of nitrogens with one attached hydrogen (secondary N) is 1. The molecule has 4 nitrogen and oxygen atoms in total. The van der Waals surface area contributed by atoms with Gasteiger partial charge in [0.05, 0.1) is 11.3 Å². The van der Waals surface area contributed by atoms with Crippen LogP contribution in [0.1, 0.15) is 20.3 Å². The number of anilines is 2. The van der Waals surface area contributed by atoms with Gasteiger partial charge in [-0.3, -0.25) is 0 Å². The standard InChI is InChI=1S/C10H17N3O/c1-10(2,14)5-7-13-9-8(11)4-3-6-12-9/h3-4,6,14H,5,7,11H2,1-2H3,(H,12,13). The van der Waals surface area contributed by atoms with Crippen molar-refractivity contribution < 1.29 is 5.11 Å². The third-order valence-corrected chi connectivity index (χ3v) is 1.87. The molecule has 14 heavy (non-hydrogen) atoms. The highest BCUT2D eigenvalue weighted by atomic mass is 16.3. The molecule has 0 unspecified atom stereocenters. The average molecular weight is 195 g/mol. The van der Waals surface area contributed by atoms with Gasteiger partial charge in [-0.15, -0.1) is 0 Å². The lowest BCUT2D eigenvalue weighted by atomic mass is 10.1. The molecule has 0 bridgehead atoms. The van der Waals surface area contributed by atoms with Gasteiger partial charge in [0.25, 0.3) is 0 Å². The predicted molar refractivity (Wildman–Crippen MR) is 58.1 cm³/mol. The van der Waals surface area contributed by atoms with Crippen molar-refractivity contribution in [3.63, 3.8) is 0 Å². The first-order chi connectivity index (χ1) is 6.49. The van der Waals surface area contributed by atoms with Crippen LogP contribution < -0.4 is 11.1 Å². The second-order valence-electron chi connectivity index (χ2n) is 3.93. The van der Waals surface area contributed by atoms with Crippen molar-refractivity contribution in [1.29, 1.82) is 0 Å². The molecular formula is C10H17N3O. The Balaban J connectivity index is 2.43. The Bertz CT molecular complexity index is 294. The summed E-state index contributed by atoms with van der Waals surface area (Å²) in [4.78, 5) is 4.08. The van der Waals surface area contributed by atoms with Crippen LogP contribution in [0.5, 0.6) is 0 Å². The van der Waals surface area contributed by atoms with Crippen LogP contribution in [-0.2, 0) is 0 Å². The number of hydrogen-bond acceptors (Lipinski definition) is 4. The molecule has 0 aliphatic heterocycles. The zero-order valence-electron chi connectivity index (χ0n) is 8.62. The summed E-state index contributed by atoms with van der Waals surface area (Å²) in [6.07, 6.45) is 2.34. The van der Waals surface area contributed by atoms with Crippen molar-refractivity contribution in [2.75, 3.05) is 17.6 Å². The molecule has 78 valence electrons. The molecule has 0 aliphatic carbocycles. The predicted octanol–water partition coefficient (Wildman–Crippen LogP) is 1.24. The molecule has 1 aromatic rings. The lowest BCUT2D eigenvalue weighted by Crippen LogP contribution is -2.23. The van der Waals surface area contributed by atoms with Gasteiger partial charge in [0.2, 0.25) is 0 Å². The topological polar surface area (TPSA) is 71.2 Å². The van der Waals surface area contributed by atoms with Gasteiger partial charge in [-0.1, -0.05) is 0 Å². The summed E-state index contributed by atoms with van der Waals surface area (Å²) in [7, 11) is 0. The minimum Gasteiger partial charge on any atom is -0.396 e. The summed E-state index contributed by atoms with van der Waals surface area (Å²) in [5, 5.41) is 12.5. The summed E-state index contributed by atoms with van der Waals surface area (Å²) in [6.45, 7) is 4.21. The van der Waals surface area contributed by atoms with E-state index in [1.54, 1.807) is 32.2 Å². The first-order valence-electron chi connectivity index (χ1n) is 4.66. The number of aromatic nitrogens is 1. The van der Waals surface area contributed by atoms with E-state index in [1.807, 2.05) is 0 Å². The summed E-state index contributed by atoms with van der Waals surface area (Å²) < 4.78 is 0. The third kappa shape index (κ3) is 3.62. The van der Waals surface area contributed by atoms with Crippen LogP contribution in [0, 0.1) is 0 Å². The van der Waals surface area contributed by atoms with E-state index in [1.165, 1.54) is 0 Å². The number of nitrogens with zero attached hydrogens (tertiary/aromatic N) is 1. The van der Waals surface area contributed by atoms with Crippen LogP contribution in [0.2, 0.25) is 0 Å². The van der Waals surface area contributed by atoms with E-state index < -0.39 is 5.60 Å².